The number of hydrazone groups is 1. The van der Waals surface area contributed by atoms with Crippen molar-refractivity contribution in [2.45, 2.75) is 6.17 Å². The highest BCUT2D eigenvalue weighted by Crippen LogP contribution is 2.11. The molecule has 0 aromatic carbocycles. The van der Waals surface area contributed by atoms with E-state index in [9.17, 15) is 0 Å². The second-order valence-corrected chi connectivity index (χ2v) is 2.04. The number of dihydropyridines is 1. The van der Waals surface area contributed by atoms with Gasteiger partial charge in [-0.1, -0.05) is 6.08 Å². The number of hydrogen-bond donors (Lipinski definition) is 1. The number of hydrogen-bond acceptors (Lipinski definition) is 3. The molecule has 0 saturated carbocycles. The van der Waals surface area contributed by atoms with Gasteiger partial charge >= 0.3 is 0 Å². The minimum absolute atomic E-state index is 0.145. The molecule has 3 heteroatoms. The topological polar surface area (TPSA) is 36.8 Å². The Morgan fingerprint density at radius 3 is 3.44 bits per heavy atom. The van der Waals surface area contributed by atoms with Crippen LogP contribution in [0.4, 0.5) is 0 Å². The summed E-state index contributed by atoms with van der Waals surface area (Å²) in [6.45, 7) is 0. The molecule has 1 radical (unpaired) electrons. The molecule has 0 amide bonds. The summed E-state index contributed by atoms with van der Waals surface area (Å²) in [5.41, 5.74) is 2.86. The van der Waals surface area contributed by atoms with Gasteiger partial charge in [0.15, 0.2) is 0 Å². The van der Waals surface area contributed by atoms with Crippen molar-refractivity contribution in [2.24, 2.45) is 16.0 Å². The SMILES string of the molecule is [C]1=CC2C=NNC2N=C1. The molecule has 2 aliphatic heterocycles. The van der Waals surface area contributed by atoms with Crippen LogP contribution in [0, 0.1) is 12.0 Å². The van der Waals surface area contributed by atoms with Crippen LogP contribution in [0.25, 0.3) is 0 Å². The number of allylic oxidation sites excluding steroid dienone is 1. The van der Waals surface area contributed by atoms with Crippen molar-refractivity contribution in [3.63, 3.8) is 0 Å². The second-order valence-electron chi connectivity index (χ2n) is 2.04. The smallest absolute Gasteiger partial charge is 0.145 e. The van der Waals surface area contributed by atoms with E-state index in [-0.39, 0.29) is 6.17 Å². The van der Waals surface area contributed by atoms with Crippen LogP contribution in [0.2, 0.25) is 0 Å². The highest BCUT2D eigenvalue weighted by Gasteiger charge is 2.20. The monoisotopic (exact) mass is 120 g/mol. The number of fused-ring (bicyclic) bond motifs is 1. The molecular formula is C6H6N3. The first-order valence-electron chi connectivity index (χ1n) is 2.86. The van der Waals surface area contributed by atoms with E-state index in [0.717, 1.165) is 0 Å². The average Bonchev–Trinajstić information content (AvgIpc) is 2.33. The molecule has 2 atom stereocenters. The van der Waals surface area contributed by atoms with E-state index in [4.69, 9.17) is 0 Å². The fourth-order valence-corrected chi connectivity index (χ4v) is 0.917. The van der Waals surface area contributed by atoms with Crippen molar-refractivity contribution in [3.8, 4) is 0 Å². The quantitative estimate of drug-likeness (QED) is 0.478. The fraction of sp³-hybridized carbons (Fsp3) is 0.333. The average molecular weight is 120 g/mol. The van der Waals surface area contributed by atoms with E-state index in [2.05, 4.69) is 21.6 Å². The standard InChI is InChI=1S/C6H6N3/c1-2-5-4-8-9-6(5)7-3-1/h2-6,9H. The van der Waals surface area contributed by atoms with Gasteiger partial charge in [0.1, 0.15) is 6.17 Å². The summed E-state index contributed by atoms with van der Waals surface area (Å²) in [5, 5.41) is 3.87. The van der Waals surface area contributed by atoms with Gasteiger partial charge in [-0.05, 0) is 6.08 Å². The predicted molar refractivity (Wildman–Crippen MR) is 35.2 cm³/mol. The lowest BCUT2D eigenvalue weighted by atomic mass is 10.1. The normalized spacial score (nSPS) is 36.4. The van der Waals surface area contributed by atoms with Crippen molar-refractivity contribution in [1.29, 1.82) is 0 Å². The molecule has 45 valence electrons. The lowest BCUT2D eigenvalue weighted by molar-refractivity contribution is 0.549. The van der Waals surface area contributed by atoms with Crippen molar-refractivity contribution < 1.29 is 0 Å². The summed E-state index contributed by atoms with van der Waals surface area (Å²) in [4.78, 5) is 4.09. The van der Waals surface area contributed by atoms with E-state index in [1.807, 2.05) is 12.3 Å². The Balaban J connectivity index is 2.25. The highest BCUT2D eigenvalue weighted by molar-refractivity contribution is 5.74. The molecule has 0 aliphatic carbocycles. The van der Waals surface area contributed by atoms with E-state index < -0.39 is 0 Å². The molecule has 0 aromatic heterocycles. The van der Waals surface area contributed by atoms with Gasteiger partial charge in [-0.15, -0.1) is 0 Å². The van der Waals surface area contributed by atoms with Crippen molar-refractivity contribution >= 4 is 12.4 Å². The van der Waals surface area contributed by atoms with Crippen LogP contribution >= 0.6 is 0 Å². The maximum absolute atomic E-state index is 4.09. The second kappa shape index (κ2) is 1.69. The number of nitrogens with zero attached hydrogens (tertiary/aromatic N) is 2. The van der Waals surface area contributed by atoms with Crippen molar-refractivity contribution in [3.05, 3.63) is 12.2 Å². The van der Waals surface area contributed by atoms with Crippen LogP contribution in [0.3, 0.4) is 0 Å². The zero-order valence-electron chi connectivity index (χ0n) is 4.78. The Morgan fingerprint density at radius 1 is 1.56 bits per heavy atom. The van der Waals surface area contributed by atoms with Crippen LogP contribution in [0.15, 0.2) is 16.2 Å². The van der Waals surface area contributed by atoms with Crippen molar-refractivity contribution in [2.75, 3.05) is 0 Å². The first kappa shape index (κ1) is 4.73. The Labute approximate surface area is 53.2 Å². The molecule has 2 heterocycles. The first-order chi connectivity index (χ1) is 4.47. The Morgan fingerprint density at radius 2 is 2.56 bits per heavy atom. The van der Waals surface area contributed by atoms with Crippen LogP contribution in [0.5, 0.6) is 0 Å². The zero-order chi connectivity index (χ0) is 6.10. The number of aliphatic imine (C=N–C) groups is 1. The summed E-state index contributed by atoms with van der Waals surface area (Å²) in [5.74, 6) is 0.329. The van der Waals surface area contributed by atoms with Crippen LogP contribution in [-0.4, -0.2) is 18.6 Å². The third-order valence-corrected chi connectivity index (χ3v) is 1.42. The lowest BCUT2D eigenvalue weighted by Gasteiger charge is -2.11. The van der Waals surface area contributed by atoms with Gasteiger partial charge in [-0.25, -0.2) is 0 Å². The predicted octanol–water partition coefficient (Wildman–Crippen LogP) is -0.0385. The molecule has 0 saturated heterocycles. The maximum Gasteiger partial charge on any atom is 0.145 e. The lowest BCUT2D eigenvalue weighted by Crippen LogP contribution is -2.25. The van der Waals surface area contributed by atoms with E-state index in [0.29, 0.717) is 5.92 Å². The molecule has 2 rings (SSSR count). The number of rotatable bonds is 0. The molecular weight excluding hydrogens is 114 g/mol. The summed E-state index contributed by atoms with van der Waals surface area (Å²) in [6.07, 6.45) is 8.52. The summed E-state index contributed by atoms with van der Waals surface area (Å²) < 4.78 is 0. The van der Waals surface area contributed by atoms with Gasteiger partial charge in [-0.3, -0.25) is 10.4 Å². The Bertz CT molecular complexity index is 192. The van der Waals surface area contributed by atoms with E-state index in [1.54, 1.807) is 6.21 Å². The van der Waals surface area contributed by atoms with Crippen LogP contribution in [-0.2, 0) is 0 Å². The van der Waals surface area contributed by atoms with Crippen LogP contribution < -0.4 is 5.43 Å². The van der Waals surface area contributed by atoms with Gasteiger partial charge in [0.05, 0.1) is 5.92 Å². The largest absolute Gasteiger partial charge is 0.285 e. The van der Waals surface area contributed by atoms with Gasteiger partial charge in [0.2, 0.25) is 0 Å². The number of nitrogens with one attached hydrogen (secondary N) is 1. The molecule has 2 aliphatic rings. The summed E-state index contributed by atoms with van der Waals surface area (Å²) in [7, 11) is 0. The van der Waals surface area contributed by atoms with Gasteiger partial charge in [-0.2, -0.15) is 5.10 Å². The summed E-state index contributed by atoms with van der Waals surface area (Å²) >= 11 is 0. The van der Waals surface area contributed by atoms with Gasteiger partial charge in [0, 0.05) is 12.4 Å². The first-order valence-corrected chi connectivity index (χ1v) is 2.86. The van der Waals surface area contributed by atoms with E-state index >= 15 is 0 Å². The highest BCUT2D eigenvalue weighted by atomic mass is 15.4. The molecule has 1 N–H and O–H groups in total. The zero-order valence-corrected chi connectivity index (χ0v) is 4.78. The molecule has 0 spiro atoms. The molecule has 0 aromatic rings. The Kier molecular flexibility index (Phi) is 0.886. The van der Waals surface area contributed by atoms with E-state index in [1.165, 1.54) is 0 Å². The Hall–Kier alpha value is -1.12. The minimum atomic E-state index is 0.145. The van der Waals surface area contributed by atoms with Gasteiger partial charge in [0.25, 0.3) is 0 Å². The third kappa shape index (κ3) is 0.650. The van der Waals surface area contributed by atoms with Crippen molar-refractivity contribution in [1.82, 2.24) is 5.43 Å². The molecule has 0 bridgehead atoms. The fourth-order valence-electron chi connectivity index (χ4n) is 0.917. The minimum Gasteiger partial charge on any atom is -0.285 e. The summed E-state index contributed by atoms with van der Waals surface area (Å²) in [6, 6.07) is 0. The van der Waals surface area contributed by atoms with Gasteiger partial charge < -0.3 is 0 Å². The molecule has 2 unspecified atom stereocenters. The maximum atomic E-state index is 4.09. The third-order valence-electron chi connectivity index (χ3n) is 1.42. The molecule has 3 nitrogen and oxygen atoms in total. The molecule has 9 heavy (non-hydrogen) atoms. The molecule has 0 fully saturated rings. The van der Waals surface area contributed by atoms with Crippen LogP contribution in [0.1, 0.15) is 0 Å².